The highest BCUT2D eigenvalue weighted by Gasteiger charge is 2.48. The Hall–Kier alpha value is -1.15. The van der Waals surface area contributed by atoms with Crippen molar-refractivity contribution in [3.63, 3.8) is 0 Å². The molecule has 2 aliphatic carbocycles. The number of rotatable bonds is 0. The monoisotopic (exact) mass is 230 g/mol. The summed E-state index contributed by atoms with van der Waals surface area (Å²) < 4.78 is 0. The minimum Gasteiger partial charge on any atom is -0.385 e. The predicted molar refractivity (Wildman–Crippen MR) is 65.8 cm³/mol. The molecule has 1 N–H and O–H groups in total. The molecule has 1 aromatic rings. The molecule has 90 valence electrons. The summed E-state index contributed by atoms with van der Waals surface area (Å²) in [6, 6.07) is 7.55. The van der Waals surface area contributed by atoms with Crippen molar-refractivity contribution in [3.05, 3.63) is 35.4 Å². The first-order valence-electron chi connectivity index (χ1n) is 6.48. The fourth-order valence-electron chi connectivity index (χ4n) is 3.66. The Morgan fingerprint density at radius 3 is 2.76 bits per heavy atom. The number of aliphatic hydroxyl groups is 1. The third kappa shape index (κ3) is 1.47. The molecule has 0 aromatic heterocycles. The SMILES string of the molecule is CC1(O)c2ccccc2C(=O)C2CCCCC21. The van der Waals surface area contributed by atoms with Crippen LogP contribution in [0.1, 0.15) is 48.5 Å². The van der Waals surface area contributed by atoms with Gasteiger partial charge in [-0.25, -0.2) is 0 Å². The third-order valence-electron chi connectivity index (χ3n) is 4.56. The lowest BCUT2D eigenvalue weighted by Crippen LogP contribution is -2.46. The first-order valence-corrected chi connectivity index (χ1v) is 6.48. The average molecular weight is 230 g/mol. The molecular weight excluding hydrogens is 212 g/mol. The summed E-state index contributed by atoms with van der Waals surface area (Å²) in [7, 11) is 0. The van der Waals surface area contributed by atoms with Crippen molar-refractivity contribution in [1.29, 1.82) is 0 Å². The third-order valence-corrected chi connectivity index (χ3v) is 4.56. The summed E-state index contributed by atoms with van der Waals surface area (Å²) in [6.07, 6.45) is 4.16. The predicted octanol–water partition coefficient (Wildman–Crippen LogP) is 2.90. The number of benzene rings is 1. The van der Waals surface area contributed by atoms with Gasteiger partial charge in [0.1, 0.15) is 0 Å². The fraction of sp³-hybridized carbons (Fsp3) is 0.533. The van der Waals surface area contributed by atoms with E-state index in [4.69, 9.17) is 0 Å². The lowest BCUT2D eigenvalue weighted by Gasteiger charge is -2.45. The van der Waals surface area contributed by atoms with Crippen molar-refractivity contribution in [2.45, 2.75) is 38.2 Å². The highest BCUT2D eigenvalue weighted by molar-refractivity contribution is 6.01. The Labute approximate surface area is 102 Å². The van der Waals surface area contributed by atoms with E-state index in [1.54, 1.807) is 0 Å². The summed E-state index contributed by atoms with van der Waals surface area (Å²) in [5.41, 5.74) is 0.726. The number of Topliss-reactive ketones (excluding diaryl/α,β-unsaturated/α-hetero) is 1. The van der Waals surface area contributed by atoms with Crippen LogP contribution in [0.5, 0.6) is 0 Å². The minimum absolute atomic E-state index is 0.0358. The number of ketones is 1. The summed E-state index contributed by atoms with van der Waals surface area (Å²) in [5, 5.41) is 10.8. The minimum atomic E-state index is -0.838. The molecule has 3 rings (SSSR count). The van der Waals surface area contributed by atoms with Crippen LogP contribution in [0.15, 0.2) is 24.3 Å². The topological polar surface area (TPSA) is 37.3 Å². The Morgan fingerprint density at radius 1 is 1.24 bits per heavy atom. The molecule has 0 bridgehead atoms. The second kappa shape index (κ2) is 3.67. The van der Waals surface area contributed by atoms with E-state index in [-0.39, 0.29) is 17.6 Å². The quantitative estimate of drug-likeness (QED) is 0.744. The Balaban J connectivity index is 2.17. The normalized spacial score (nSPS) is 36.2. The zero-order valence-electron chi connectivity index (χ0n) is 10.1. The maximum atomic E-state index is 12.4. The van der Waals surface area contributed by atoms with Crippen molar-refractivity contribution in [1.82, 2.24) is 0 Å². The van der Waals surface area contributed by atoms with Gasteiger partial charge in [-0.1, -0.05) is 37.1 Å². The summed E-state index contributed by atoms with van der Waals surface area (Å²) in [4.78, 5) is 12.4. The zero-order valence-corrected chi connectivity index (χ0v) is 10.1. The van der Waals surface area contributed by atoms with Crippen molar-refractivity contribution in [2.24, 2.45) is 11.8 Å². The van der Waals surface area contributed by atoms with Crippen molar-refractivity contribution < 1.29 is 9.90 Å². The first-order chi connectivity index (χ1) is 8.12. The van der Waals surface area contributed by atoms with E-state index in [0.29, 0.717) is 0 Å². The van der Waals surface area contributed by atoms with Gasteiger partial charge in [0, 0.05) is 17.4 Å². The van der Waals surface area contributed by atoms with E-state index in [2.05, 4.69) is 0 Å². The highest BCUT2D eigenvalue weighted by atomic mass is 16.3. The molecule has 0 radical (unpaired) electrons. The van der Waals surface area contributed by atoms with E-state index in [1.165, 1.54) is 0 Å². The van der Waals surface area contributed by atoms with Crippen LogP contribution in [-0.2, 0) is 5.60 Å². The number of hydrogen-bond acceptors (Lipinski definition) is 2. The molecule has 1 fully saturated rings. The second-order valence-electron chi connectivity index (χ2n) is 5.55. The van der Waals surface area contributed by atoms with Crippen LogP contribution >= 0.6 is 0 Å². The molecule has 1 aromatic carbocycles. The van der Waals surface area contributed by atoms with Crippen LogP contribution in [0.2, 0.25) is 0 Å². The van der Waals surface area contributed by atoms with Crippen LogP contribution in [0.25, 0.3) is 0 Å². The molecule has 2 heteroatoms. The number of hydrogen-bond donors (Lipinski definition) is 1. The molecule has 0 aliphatic heterocycles. The fourth-order valence-corrected chi connectivity index (χ4v) is 3.66. The van der Waals surface area contributed by atoms with E-state index < -0.39 is 5.60 Å². The maximum Gasteiger partial charge on any atom is 0.166 e. The van der Waals surface area contributed by atoms with Gasteiger partial charge in [0.05, 0.1) is 5.60 Å². The van der Waals surface area contributed by atoms with E-state index in [9.17, 15) is 9.90 Å². The first kappa shape index (κ1) is 11.0. The van der Waals surface area contributed by atoms with Crippen LogP contribution < -0.4 is 0 Å². The van der Waals surface area contributed by atoms with Gasteiger partial charge in [0.2, 0.25) is 0 Å². The number of fused-ring (bicyclic) bond motifs is 2. The molecule has 2 nitrogen and oxygen atoms in total. The van der Waals surface area contributed by atoms with Crippen LogP contribution in [0, 0.1) is 11.8 Å². The van der Waals surface area contributed by atoms with Crippen molar-refractivity contribution in [3.8, 4) is 0 Å². The lowest BCUT2D eigenvalue weighted by molar-refractivity contribution is -0.0486. The summed E-state index contributed by atoms with van der Waals surface area (Å²) in [5.74, 6) is 0.393. The molecule has 0 amide bonds. The molecular formula is C15H18O2. The highest BCUT2D eigenvalue weighted by Crippen LogP contribution is 2.48. The molecule has 0 saturated heterocycles. The molecule has 17 heavy (non-hydrogen) atoms. The molecule has 0 spiro atoms. The van der Waals surface area contributed by atoms with Gasteiger partial charge in [-0.05, 0) is 25.3 Å². The van der Waals surface area contributed by atoms with Gasteiger partial charge in [-0.2, -0.15) is 0 Å². The molecule has 1 saturated carbocycles. The summed E-state index contributed by atoms with van der Waals surface area (Å²) >= 11 is 0. The van der Waals surface area contributed by atoms with Gasteiger partial charge >= 0.3 is 0 Å². The van der Waals surface area contributed by atoms with Crippen LogP contribution in [-0.4, -0.2) is 10.9 Å². The van der Waals surface area contributed by atoms with Crippen molar-refractivity contribution >= 4 is 5.78 Å². The number of carbonyl (C=O) groups excluding carboxylic acids is 1. The largest absolute Gasteiger partial charge is 0.385 e. The molecule has 3 unspecified atom stereocenters. The summed E-state index contributed by atoms with van der Waals surface area (Å²) in [6.45, 7) is 1.88. The second-order valence-corrected chi connectivity index (χ2v) is 5.55. The Bertz CT molecular complexity index is 462. The van der Waals surface area contributed by atoms with Gasteiger partial charge in [0.15, 0.2) is 5.78 Å². The maximum absolute atomic E-state index is 12.4. The molecule has 3 atom stereocenters. The average Bonchev–Trinajstić information content (AvgIpc) is 2.37. The van der Waals surface area contributed by atoms with Gasteiger partial charge in [-0.3, -0.25) is 4.79 Å². The lowest BCUT2D eigenvalue weighted by atomic mass is 9.61. The smallest absolute Gasteiger partial charge is 0.166 e. The van der Waals surface area contributed by atoms with E-state index in [0.717, 1.165) is 36.8 Å². The van der Waals surface area contributed by atoms with Gasteiger partial charge < -0.3 is 5.11 Å². The molecule has 0 heterocycles. The van der Waals surface area contributed by atoms with Gasteiger partial charge in [0.25, 0.3) is 0 Å². The van der Waals surface area contributed by atoms with Gasteiger partial charge in [-0.15, -0.1) is 0 Å². The Morgan fingerprint density at radius 2 is 1.94 bits per heavy atom. The number of carbonyl (C=O) groups is 1. The zero-order chi connectivity index (χ0) is 12.0. The molecule has 2 aliphatic rings. The van der Waals surface area contributed by atoms with Crippen molar-refractivity contribution in [2.75, 3.05) is 0 Å². The van der Waals surface area contributed by atoms with Crippen LogP contribution in [0.3, 0.4) is 0 Å². The van der Waals surface area contributed by atoms with E-state index >= 15 is 0 Å². The van der Waals surface area contributed by atoms with E-state index in [1.807, 2.05) is 31.2 Å². The standard InChI is InChI=1S/C15H18O2/c1-15(17)12-8-4-2-6-10(12)14(16)11-7-3-5-9-13(11)15/h2,4,6,8,11,13,17H,3,5,7,9H2,1H3. The Kier molecular flexibility index (Phi) is 2.37. The van der Waals surface area contributed by atoms with Crippen LogP contribution in [0.4, 0.5) is 0 Å².